The summed E-state index contributed by atoms with van der Waals surface area (Å²) >= 11 is 6.41. The van der Waals surface area contributed by atoms with Gasteiger partial charge in [-0.25, -0.2) is 0 Å². The molecular weight excluding hydrogens is 412 g/mol. The molecule has 0 aliphatic carbocycles. The van der Waals surface area contributed by atoms with Crippen LogP contribution in [0.25, 0.3) is 10.8 Å². The fraction of sp³-hybridized carbons (Fsp3) is 0.615. The summed E-state index contributed by atoms with van der Waals surface area (Å²) in [7, 11) is 0. The fourth-order valence-electron chi connectivity index (χ4n) is 3.69. The average Bonchev–Trinajstić information content (AvgIpc) is 2.77. The van der Waals surface area contributed by atoms with Gasteiger partial charge in [0.15, 0.2) is 0 Å². The molecule has 0 bridgehead atoms. The van der Waals surface area contributed by atoms with E-state index in [4.69, 9.17) is 21.1 Å². The molecule has 0 saturated heterocycles. The van der Waals surface area contributed by atoms with Crippen LogP contribution in [0.15, 0.2) is 30.3 Å². The molecule has 2 N–H and O–H groups in total. The third kappa shape index (κ3) is 8.88. The second-order valence-electron chi connectivity index (χ2n) is 8.36. The first kappa shape index (κ1) is 25.8. The minimum Gasteiger partial charge on any atom is -0.490 e. The smallest absolute Gasteiger partial charge is 0.145 e. The summed E-state index contributed by atoms with van der Waals surface area (Å²) in [6.07, 6.45) is 9.55. The normalized spacial score (nSPS) is 13.3. The minimum atomic E-state index is -0.509. The van der Waals surface area contributed by atoms with Gasteiger partial charge >= 0.3 is 0 Å². The predicted molar refractivity (Wildman–Crippen MR) is 129 cm³/mol. The van der Waals surface area contributed by atoms with Crippen LogP contribution in [-0.4, -0.2) is 35.6 Å². The topological polar surface area (TPSA) is 58.9 Å². The van der Waals surface area contributed by atoms with Crippen LogP contribution in [0.3, 0.4) is 0 Å². The third-order valence-corrected chi connectivity index (χ3v) is 5.85. The first-order chi connectivity index (χ1) is 15.1. The third-order valence-electron chi connectivity index (χ3n) is 5.56. The van der Waals surface area contributed by atoms with E-state index >= 15 is 0 Å². The van der Waals surface area contributed by atoms with Gasteiger partial charge in [-0.2, -0.15) is 0 Å². The number of aliphatic hydroxyl groups is 2. The number of hydrogen-bond donors (Lipinski definition) is 2. The lowest BCUT2D eigenvalue weighted by molar-refractivity contribution is 0.0975. The van der Waals surface area contributed by atoms with Gasteiger partial charge in [-0.15, -0.1) is 0 Å². The highest BCUT2D eigenvalue weighted by Crippen LogP contribution is 2.37. The van der Waals surface area contributed by atoms with E-state index in [1.165, 1.54) is 25.7 Å². The summed E-state index contributed by atoms with van der Waals surface area (Å²) in [4.78, 5) is 0. The highest BCUT2D eigenvalue weighted by atomic mass is 35.5. The Kier molecular flexibility index (Phi) is 12.1. The molecule has 2 unspecified atom stereocenters. The van der Waals surface area contributed by atoms with Crippen molar-refractivity contribution in [3.8, 4) is 11.5 Å². The Balaban J connectivity index is 1.98. The Hall–Kier alpha value is -1.49. The van der Waals surface area contributed by atoms with Crippen LogP contribution in [0.1, 0.15) is 78.1 Å². The number of aliphatic hydroxyl groups excluding tert-OH is 2. The first-order valence-electron chi connectivity index (χ1n) is 11.9. The molecule has 5 heteroatoms. The number of hydrogen-bond acceptors (Lipinski definition) is 4. The zero-order chi connectivity index (χ0) is 22.5. The average molecular weight is 451 g/mol. The van der Waals surface area contributed by atoms with Gasteiger partial charge in [0.2, 0.25) is 0 Å². The zero-order valence-corrected chi connectivity index (χ0v) is 19.9. The van der Waals surface area contributed by atoms with Crippen LogP contribution in [0.5, 0.6) is 11.5 Å². The van der Waals surface area contributed by atoms with Crippen molar-refractivity contribution in [3.05, 3.63) is 35.4 Å². The molecule has 31 heavy (non-hydrogen) atoms. The minimum absolute atomic E-state index is 0.215. The maximum absolute atomic E-state index is 10.3. The zero-order valence-electron chi connectivity index (χ0n) is 19.1. The molecule has 0 saturated carbocycles. The Morgan fingerprint density at radius 1 is 0.742 bits per heavy atom. The molecule has 0 fully saturated rings. The molecule has 2 aromatic carbocycles. The van der Waals surface area contributed by atoms with Crippen LogP contribution in [0.4, 0.5) is 0 Å². The summed E-state index contributed by atoms with van der Waals surface area (Å²) in [5.74, 6) is 1.27. The fourth-order valence-corrected chi connectivity index (χ4v) is 3.91. The Morgan fingerprint density at radius 2 is 1.35 bits per heavy atom. The van der Waals surface area contributed by atoms with Crippen molar-refractivity contribution in [1.29, 1.82) is 0 Å². The second kappa shape index (κ2) is 14.5. The standard InChI is InChI=1S/C26H39ClO4/c1-3-5-7-9-12-20(28)18-30-25-15-11-14-23-22(25)16-17-24(27)26(23)31-19-21(29)13-10-8-6-4-2/h11,14-17,20-21,28-29H,3-10,12-13,18-19H2,1-2H3. The van der Waals surface area contributed by atoms with E-state index in [-0.39, 0.29) is 13.2 Å². The van der Waals surface area contributed by atoms with Crippen molar-refractivity contribution in [1.82, 2.24) is 0 Å². The number of halogens is 1. The van der Waals surface area contributed by atoms with Gasteiger partial charge in [0.25, 0.3) is 0 Å². The van der Waals surface area contributed by atoms with Crippen LogP contribution in [-0.2, 0) is 0 Å². The number of ether oxygens (including phenoxy) is 2. The van der Waals surface area contributed by atoms with Crippen molar-refractivity contribution in [2.45, 2.75) is 90.3 Å². The van der Waals surface area contributed by atoms with Crippen LogP contribution in [0.2, 0.25) is 5.02 Å². The Morgan fingerprint density at radius 3 is 1.97 bits per heavy atom. The van der Waals surface area contributed by atoms with Crippen LogP contribution >= 0.6 is 11.6 Å². The molecule has 2 aromatic rings. The van der Waals surface area contributed by atoms with Crippen molar-refractivity contribution in [3.63, 3.8) is 0 Å². The van der Waals surface area contributed by atoms with E-state index in [0.29, 0.717) is 16.5 Å². The van der Waals surface area contributed by atoms with Crippen molar-refractivity contribution < 1.29 is 19.7 Å². The molecule has 4 nitrogen and oxygen atoms in total. The molecule has 0 radical (unpaired) electrons. The predicted octanol–water partition coefficient (Wildman–Crippen LogP) is 6.91. The van der Waals surface area contributed by atoms with E-state index in [1.807, 2.05) is 24.3 Å². The van der Waals surface area contributed by atoms with E-state index < -0.39 is 12.2 Å². The van der Waals surface area contributed by atoms with E-state index in [0.717, 1.165) is 49.3 Å². The van der Waals surface area contributed by atoms with Crippen LogP contribution in [0, 0.1) is 0 Å². The lowest BCUT2D eigenvalue weighted by Crippen LogP contribution is -2.18. The monoisotopic (exact) mass is 450 g/mol. The van der Waals surface area contributed by atoms with Gasteiger partial charge in [0.1, 0.15) is 24.7 Å². The molecule has 0 aliphatic rings. The van der Waals surface area contributed by atoms with Gasteiger partial charge in [-0.05, 0) is 31.0 Å². The lowest BCUT2D eigenvalue weighted by atomic mass is 10.1. The van der Waals surface area contributed by atoms with Gasteiger partial charge in [0, 0.05) is 10.8 Å². The van der Waals surface area contributed by atoms with Gasteiger partial charge in [0.05, 0.1) is 17.2 Å². The number of rotatable bonds is 16. The van der Waals surface area contributed by atoms with E-state index in [2.05, 4.69) is 13.8 Å². The molecule has 0 aliphatic heterocycles. The summed E-state index contributed by atoms with van der Waals surface area (Å²) in [6, 6.07) is 9.44. The summed E-state index contributed by atoms with van der Waals surface area (Å²) in [5.41, 5.74) is 0. The second-order valence-corrected chi connectivity index (χ2v) is 8.76. The summed E-state index contributed by atoms with van der Waals surface area (Å²) < 4.78 is 11.9. The lowest BCUT2D eigenvalue weighted by Gasteiger charge is -2.17. The highest BCUT2D eigenvalue weighted by Gasteiger charge is 2.14. The van der Waals surface area contributed by atoms with Crippen LogP contribution < -0.4 is 9.47 Å². The van der Waals surface area contributed by atoms with Gasteiger partial charge < -0.3 is 19.7 Å². The highest BCUT2D eigenvalue weighted by molar-refractivity contribution is 6.33. The molecule has 0 heterocycles. The van der Waals surface area contributed by atoms with Crippen molar-refractivity contribution in [2.75, 3.05) is 13.2 Å². The molecule has 2 atom stereocenters. The first-order valence-corrected chi connectivity index (χ1v) is 12.3. The van der Waals surface area contributed by atoms with E-state index in [1.54, 1.807) is 6.07 Å². The van der Waals surface area contributed by atoms with Crippen molar-refractivity contribution in [2.24, 2.45) is 0 Å². The van der Waals surface area contributed by atoms with Crippen molar-refractivity contribution >= 4 is 22.4 Å². The molecule has 174 valence electrons. The molecule has 0 aromatic heterocycles. The number of fused-ring (bicyclic) bond motifs is 1. The maximum Gasteiger partial charge on any atom is 0.145 e. The summed E-state index contributed by atoms with van der Waals surface area (Å²) in [6.45, 7) is 4.83. The molecule has 2 rings (SSSR count). The number of unbranched alkanes of at least 4 members (excludes halogenated alkanes) is 6. The Bertz CT molecular complexity index is 764. The van der Waals surface area contributed by atoms with E-state index in [9.17, 15) is 10.2 Å². The molecule has 0 spiro atoms. The van der Waals surface area contributed by atoms with Gasteiger partial charge in [-0.3, -0.25) is 0 Å². The largest absolute Gasteiger partial charge is 0.490 e. The number of benzene rings is 2. The molecular formula is C26H39ClO4. The Labute approximate surface area is 192 Å². The quantitative estimate of drug-likeness (QED) is 0.273. The maximum atomic E-state index is 10.3. The SMILES string of the molecule is CCCCCCC(O)COc1cccc2c(OCC(O)CCCCCC)c(Cl)ccc12. The summed E-state index contributed by atoms with van der Waals surface area (Å²) in [5, 5.41) is 22.7. The van der Waals surface area contributed by atoms with Gasteiger partial charge in [-0.1, -0.05) is 88.9 Å². The molecule has 0 amide bonds.